The van der Waals surface area contributed by atoms with E-state index in [9.17, 15) is 0 Å². The first-order valence-corrected chi connectivity index (χ1v) is 13.1. The number of hydrogen-bond donors (Lipinski definition) is 0. The lowest BCUT2D eigenvalue weighted by Crippen LogP contribution is -2.29. The van der Waals surface area contributed by atoms with Gasteiger partial charge < -0.3 is 0 Å². The van der Waals surface area contributed by atoms with Crippen LogP contribution in [0.25, 0.3) is 0 Å². The molecular weight excluding hydrogens is 348 g/mol. The van der Waals surface area contributed by atoms with Gasteiger partial charge in [-0.3, -0.25) is 0 Å². The fraction of sp³-hybridized carbons (Fsp3) is 0.875. The maximum absolute atomic E-state index is 2.36. The highest BCUT2D eigenvalue weighted by Crippen LogP contribution is 2.12. The second kappa shape index (κ2) is 18.9. The molecular formula is C24H47N2S+. The third kappa shape index (κ3) is 15.2. The SMILES string of the molecule is CCCCCCCCCCCCSC[n+]1ccn(CCCCCCCC)c1. The van der Waals surface area contributed by atoms with Crippen molar-refractivity contribution >= 4 is 11.8 Å². The van der Waals surface area contributed by atoms with Crippen molar-refractivity contribution in [3.8, 4) is 0 Å². The molecule has 158 valence electrons. The summed E-state index contributed by atoms with van der Waals surface area (Å²) in [5.41, 5.74) is 0. The fourth-order valence-corrected chi connectivity index (χ4v) is 4.48. The molecule has 0 N–H and O–H groups in total. The Morgan fingerprint density at radius 1 is 0.667 bits per heavy atom. The van der Waals surface area contributed by atoms with E-state index >= 15 is 0 Å². The average Bonchev–Trinajstić information content (AvgIpc) is 3.13. The van der Waals surface area contributed by atoms with Gasteiger partial charge in [0, 0.05) is 0 Å². The summed E-state index contributed by atoms with van der Waals surface area (Å²) in [6.07, 6.45) is 29.4. The molecule has 1 aromatic rings. The van der Waals surface area contributed by atoms with Gasteiger partial charge in [-0.05, 0) is 25.0 Å². The topological polar surface area (TPSA) is 8.81 Å². The Kier molecular flexibility index (Phi) is 17.2. The zero-order valence-corrected chi connectivity index (χ0v) is 19.3. The predicted molar refractivity (Wildman–Crippen MR) is 122 cm³/mol. The molecule has 0 saturated heterocycles. The molecule has 0 bridgehead atoms. The fourth-order valence-electron chi connectivity index (χ4n) is 3.58. The second-order valence-electron chi connectivity index (χ2n) is 8.15. The number of hydrogen-bond acceptors (Lipinski definition) is 1. The molecule has 3 heteroatoms. The Hall–Kier alpha value is -0.440. The third-order valence-electron chi connectivity index (χ3n) is 5.40. The minimum Gasteiger partial charge on any atom is -0.237 e. The molecule has 0 saturated carbocycles. The molecule has 1 heterocycles. The molecule has 0 fully saturated rings. The molecule has 0 atom stereocenters. The number of aryl methyl sites for hydroxylation is 1. The van der Waals surface area contributed by atoms with Gasteiger partial charge in [0.05, 0.1) is 6.54 Å². The number of aromatic nitrogens is 2. The van der Waals surface area contributed by atoms with E-state index in [1.165, 1.54) is 115 Å². The lowest BCUT2D eigenvalue weighted by molar-refractivity contribution is -0.675. The lowest BCUT2D eigenvalue weighted by atomic mass is 10.1. The molecule has 1 rings (SSSR count). The van der Waals surface area contributed by atoms with Gasteiger partial charge in [-0.15, -0.1) is 11.8 Å². The predicted octanol–water partition coefficient (Wildman–Crippen LogP) is 7.75. The standard InChI is InChI=1S/C24H47N2S/c1-3-5-7-9-11-12-13-14-16-18-22-27-24-26-21-20-25(23-26)19-17-15-10-8-6-4-2/h20-21,23H,3-19,22,24H2,1-2H3/q+1. The molecule has 2 nitrogen and oxygen atoms in total. The molecule has 0 radical (unpaired) electrons. The van der Waals surface area contributed by atoms with Crippen LogP contribution >= 0.6 is 11.8 Å². The summed E-state index contributed by atoms with van der Waals surface area (Å²) in [6, 6.07) is 0. The summed E-state index contributed by atoms with van der Waals surface area (Å²) in [5, 5.41) is 0. The Morgan fingerprint density at radius 2 is 1.19 bits per heavy atom. The molecule has 0 aliphatic heterocycles. The molecule has 0 aliphatic carbocycles. The van der Waals surface area contributed by atoms with Crippen LogP contribution in [0.15, 0.2) is 18.7 Å². The second-order valence-corrected chi connectivity index (χ2v) is 9.23. The Labute approximate surface area is 174 Å². The van der Waals surface area contributed by atoms with Crippen LogP contribution < -0.4 is 4.57 Å². The Morgan fingerprint density at radius 3 is 1.78 bits per heavy atom. The maximum Gasteiger partial charge on any atom is 0.244 e. The molecule has 0 aromatic carbocycles. The van der Waals surface area contributed by atoms with Gasteiger partial charge in [-0.2, -0.15) is 0 Å². The van der Waals surface area contributed by atoms with Crippen LogP contribution in [0, 0.1) is 0 Å². The van der Waals surface area contributed by atoms with Crippen molar-refractivity contribution < 1.29 is 4.57 Å². The van der Waals surface area contributed by atoms with Crippen molar-refractivity contribution in [3.63, 3.8) is 0 Å². The van der Waals surface area contributed by atoms with Crippen LogP contribution in [0.1, 0.15) is 117 Å². The van der Waals surface area contributed by atoms with Crippen molar-refractivity contribution in [3.05, 3.63) is 18.7 Å². The lowest BCUT2D eigenvalue weighted by Gasteiger charge is -2.02. The minimum atomic E-state index is 1.11. The molecule has 0 amide bonds. The number of imidazole rings is 1. The van der Waals surface area contributed by atoms with E-state index in [1.54, 1.807) is 0 Å². The van der Waals surface area contributed by atoms with E-state index in [0.717, 1.165) is 5.88 Å². The highest BCUT2D eigenvalue weighted by atomic mass is 32.2. The van der Waals surface area contributed by atoms with Crippen molar-refractivity contribution in [1.29, 1.82) is 0 Å². The normalized spacial score (nSPS) is 11.3. The van der Waals surface area contributed by atoms with E-state index < -0.39 is 0 Å². The molecule has 1 aromatic heterocycles. The summed E-state index contributed by atoms with van der Waals surface area (Å²) < 4.78 is 4.71. The summed E-state index contributed by atoms with van der Waals surface area (Å²) in [7, 11) is 0. The van der Waals surface area contributed by atoms with Gasteiger partial charge in [-0.1, -0.05) is 97.3 Å². The van der Waals surface area contributed by atoms with Gasteiger partial charge in [0.2, 0.25) is 6.33 Å². The van der Waals surface area contributed by atoms with Crippen LogP contribution in [-0.2, 0) is 12.4 Å². The van der Waals surface area contributed by atoms with E-state index in [2.05, 4.69) is 53.5 Å². The smallest absolute Gasteiger partial charge is 0.237 e. The molecule has 0 unspecified atom stereocenters. The van der Waals surface area contributed by atoms with Gasteiger partial charge in [-0.25, -0.2) is 9.13 Å². The van der Waals surface area contributed by atoms with Crippen LogP contribution in [-0.4, -0.2) is 10.3 Å². The molecule has 0 aliphatic rings. The van der Waals surface area contributed by atoms with Crippen molar-refractivity contribution in [1.82, 2.24) is 4.57 Å². The molecule has 0 spiro atoms. The Balaban J connectivity index is 1.87. The van der Waals surface area contributed by atoms with E-state index in [4.69, 9.17) is 0 Å². The largest absolute Gasteiger partial charge is 0.244 e. The van der Waals surface area contributed by atoms with Crippen molar-refractivity contribution in [2.45, 2.75) is 129 Å². The zero-order chi connectivity index (χ0) is 19.4. The van der Waals surface area contributed by atoms with Crippen LogP contribution in [0.4, 0.5) is 0 Å². The summed E-state index contributed by atoms with van der Waals surface area (Å²) >= 11 is 2.08. The van der Waals surface area contributed by atoms with Crippen molar-refractivity contribution in [2.24, 2.45) is 0 Å². The third-order valence-corrected chi connectivity index (χ3v) is 6.46. The summed E-state index contributed by atoms with van der Waals surface area (Å²) in [4.78, 5) is 0. The number of thioether (sulfide) groups is 1. The maximum atomic E-state index is 2.36. The zero-order valence-electron chi connectivity index (χ0n) is 18.5. The monoisotopic (exact) mass is 395 g/mol. The number of unbranched alkanes of at least 4 members (excludes halogenated alkanes) is 14. The van der Waals surface area contributed by atoms with Gasteiger partial charge in [0.15, 0.2) is 0 Å². The minimum absolute atomic E-state index is 1.11. The first-order valence-electron chi connectivity index (χ1n) is 12.0. The van der Waals surface area contributed by atoms with Gasteiger partial charge >= 0.3 is 0 Å². The van der Waals surface area contributed by atoms with Crippen LogP contribution in [0.2, 0.25) is 0 Å². The summed E-state index contributed by atoms with van der Waals surface area (Å²) in [6.45, 7) is 5.76. The number of rotatable bonds is 20. The average molecular weight is 396 g/mol. The quantitative estimate of drug-likeness (QED) is 0.162. The molecule has 27 heavy (non-hydrogen) atoms. The highest BCUT2D eigenvalue weighted by molar-refractivity contribution is 7.98. The van der Waals surface area contributed by atoms with E-state index in [-0.39, 0.29) is 0 Å². The van der Waals surface area contributed by atoms with Gasteiger partial charge in [0.1, 0.15) is 18.3 Å². The number of nitrogens with zero attached hydrogens (tertiary/aromatic N) is 2. The summed E-state index contributed by atoms with van der Waals surface area (Å²) in [5.74, 6) is 2.42. The first kappa shape index (κ1) is 24.6. The van der Waals surface area contributed by atoms with Crippen LogP contribution in [0.3, 0.4) is 0 Å². The van der Waals surface area contributed by atoms with E-state index in [1.807, 2.05) is 0 Å². The van der Waals surface area contributed by atoms with Crippen LogP contribution in [0.5, 0.6) is 0 Å². The van der Waals surface area contributed by atoms with E-state index in [0.29, 0.717) is 0 Å². The van der Waals surface area contributed by atoms with Gasteiger partial charge in [0.25, 0.3) is 0 Å². The first-order chi connectivity index (χ1) is 13.4. The highest BCUT2D eigenvalue weighted by Gasteiger charge is 2.03. The Bertz CT molecular complexity index is 416. The van der Waals surface area contributed by atoms with Crippen molar-refractivity contribution in [2.75, 3.05) is 5.75 Å².